The maximum absolute atomic E-state index is 13.1. The number of halogens is 2. The summed E-state index contributed by atoms with van der Waals surface area (Å²) in [5, 5.41) is 9.39. The molecule has 70 valence electrons. The summed E-state index contributed by atoms with van der Waals surface area (Å²) in [6.07, 6.45) is -0.542. The highest BCUT2D eigenvalue weighted by molar-refractivity contribution is 5.38. The molecule has 2 nitrogen and oxygen atoms in total. The Kier molecular flexibility index (Phi) is 1.92. The number of hydrogen-bond acceptors (Lipinski definition) is 2. The zero-order valence-corrected chi connectivity index (χ0v) is 6.76. The topological polar surface area (TPSA) is 29.5 Å². The molecule has 1 aromatic rings. The lowest BCUT2D eigenvalue weighted by Crippen LogP contribution is -2.15. The molecule has 13 heavy (non-hydrogen) atoms. The molecule has 0 spiro atoms. The van der Waals surface area contributed by atoms with Crippen molar-refractivity contribution in [3.63, 3.8) is 0 Å². The third kappa shape index (κ3) is 1.37. The minimum atomic E-state index is -0.885. The summed E-state index contributed by atoms with van der Waals surface area (Å²) in [5.74, 6) is -1.33. The van der Waals surface area contributed by atoms with Gasteiger partial charge in [-0.2, -0.15) is 0 Å². The fraction of sp³-hybridized carbons (Fsp3) is 0.333. The van der Waals surface area contributed by atoms with Crippen LogP contribution in [0.25, 0.3) is 0 Å². The van der Waals surface area contributed by atoms with Crippen molar-refractivity contribution in [2.75, 3.05) is 6.61 Å². The Morgan fingerprint density at radius 1 is 1.38 bits per heavy atom. The van der Waals surface area contributed by atoms with Crippen LogP contribution in [0, 0.1) is 11.6 Å². The fourth-order valence-electron chi connectivity index (χ4n) is 1.43. The van der Waals surface area contributed by atoms with Crippen molar-refractivity contribution in [1.82, 2.24) is 0 Å². The minimum Gasteiger partial charge on any atom is -0.493 e. The number of ether oxygens (including phenoxy) is 1. The van der Waals surface area contributed by atoms with Gasteiger partial charge in [0.2, 0.25) is 0 Å². The van der Waals surface area contributed by atoms with Gasteiger partial charge in [-0.05, 0) is 0 Å². The number of fused-ring (bicyclic) bond motifs is 1. The van der Waals surface area contributed by atoms with Crippen molar-refractivity contribution in [3.8, 4) is 5.75 Å². The summed E-state index contributed by atoms with van der Waals surface area (Å²) < 4.78 is 30.8. The second-order valence-electron chi connectivity index (χ2n) is 2.95. The zero-order chi connectivity index (χ0) is 9.42. The number of aliphatic hydroxyl groups is 1. The number of hydrogen-bond donors (Lipinski definition) is 1. The Balaban J connectivity index is 2.56. The van der Waals surface area contributed by atoms with Crippen LogP contribution in [0.5, 0.6) is 5.75 Å². The molecule has 1 N–H and O–H groups in total. The van der Waals surface area contributed by atoms with Crippen LogP contribution in [0.2, 0.25) is 0 Å². The fourth-order valence-corrected chi connectivity index (χ4v) is 1.43. The second-order valence-corrected chi connectivity index (χ2v) is 2.95. The van der Waals surface area contributed by atoms with E-state index in [1.807, 2.05) is 0 Å². The summed E-state index contributed by atoms with van der Waals surface area (Å²) in [5.41, 5.74) is 0.0626. The molecule has 1 atom stereocenters. The smallest absolute Gasteiger partial charge is 0.135 e. The van der Waals surface area contributed by atoms with Crippen LogP contribution in [-0.2, 0) is 0 Å². The molecule has 1 aliphatic rings. The van der Waals surface area contributed by atoms with E-state index >= 15 is 0 Å². The van der Waals surface area contributed by atoms with Gasteiger partial charge in [0, 0.05) is 18.6 Å². The lowest BCUT2D eigenvalue weighted by molar-refractivity contribution is 0.110. The molecule has 0 radical (unpaired) electrons. The first-order chi connectivity index (χ1) is 6.18. The van der Waals surface area contributed by atoms with E-state index in [2.05, 4.69) is 0 Å². The molecule has 1 aromatic carbocycles. The summed E-state index contributed by atoms with van der Waals surface area (Å²) in [4.78, 5) is 0. The molecule has 0 fully saturated rings. The molecule has 0 bridgehead atoms. The third-order valence-electron chi connectivity index (χ3n) is 2.04. The van der Waals surface area contributed by atoms with Gasteiger partial charge in [-0.1, -0.05) is 0 Å². The maximum atomic E-state index is 13.1. The quantitative estimate of drug-likeness (QED) is 0.669. The average Bonchev–Trinajstić information content (AvgIpc) is 2.02. The standard InChI is InChI=1S/C9H8F2O2/c10-5-3-6(11)9-7(12)1-2-13-8(9)4-5/h3-4,7,12H,1-2H2. The molecule has 2 rings (SSSR count). The van der Waals surface area contributed by atoms with Gasteiger partial charge in [0.05, 0.1) is 18.3 Å². The van der Waals surface area contributed by atoms with Crippen LogP contribution in [0.3, 0.4) is 0 Å². The van der Waals surface area contributed by atoms with Gasteiger partial charge in [-0.25, -0.2) is 8.78 Å². The van der Waals surface area contributed by atoms with E-state index in [0.717, 1.165) is 12.1 Å². The molecule has 0 saturated carbocycles. The van der Waals surface area contributed by atoms with E-state index in [-0.39, 0.29) is 17.9 Å². The Hall–Kier alpha value is -1.16. The molecule has 0 aromatic heterocycles. The van der Waals surface area contributed by atoms with Gasteiger partial charge in [-0.15, -0.1) is 0 Å². The van der Waals surface area contributed by atoms with Crippen LogP contribution in [0.4, 0.5) is 8.78 Å². The van der Waals surface area contributed by atoms with Gasteiger partial charge in [0.25, 0.3) is 0 Å². The molecule has 0 saturated heterocycles. The van der Waals surface area contributed by atoms with Crippen LogP contribution in [0.15, 0.2) is 12.1 Å². The number of rotatable bonds is 0. The molecular weight excluding hydrogens is 178 g/mol. The molecule has 4 heteroatoms. The van der Waals surface area contributed by atoms with E-state index in [9.17, 15) is 13.9 Å². The van der Waals surface area contributed by atoms with E-state index < -0.39 is 17.7 Å². The number of benzene rings is 1. The van der Waals surface area contributed by atoms with Crippen LogP contribution in [0.1, 0.15) is 18.1 Å². The normalized spacial score (nSPS) is 20.7. The Morgan fingerprint density at radius 3 is 2.92 bits per heavy atom. The van der Waals surface area contributed by atoms with Crippen molar-refractivity contribution in [2.45, 2.75) is 12.5 Å². The van der Waals surface area contributed by atoms with Crippen molar-refractivity contribution in [3.05, 3.63) is 29.3 Å². The molecule has 0 amide bonds. The number of aliphatic hydroxyl groups excluding tert-OH is 1. The molecule has 1 heterocycles. The van der Waals surface area contributed by atoms with Gasteiger partial charge >= 0.3 is 0 Å². The van der Waals surface area contributed by atoms with Gasteiger partial charge < -0.3 is 9.84 Å². The summed E-state index contributed by atoms with van der Waals surface area (Å²) in [7, 11) is 0. The van der Waals surface area contributed by atoms with Crippen molar-refractivity contribution in [2.24, 2.45) is 0 Å². The van der Waals surface area contributed by atoms with Gasteiger partial charge in [0.15, 0.2) is 0 Å². The Morgan fingerprint density at radius 2 is 2.15 bits per heavy atom. The predicted molar refractivity (Wildman–Crippen MR) is 41.4 cm³/mol. The molecular formula is C9H8F2O2. The van der Waals surface area contributed by atoms with E-state index in [1.54, 1.807) is 0 Å². The second kappa shape index (κ2) is 2.96. The lowest BCUT2D eigenvalue weighted by atomic mass is 10.0. The first-order valence-corrected chi connectivity index (χ1v) is 3.98. The van der Waals surface area contributed by atoms with E-state index in [0.29, 0.717) is 6.42 Å². The molecule has 1 aliphatic heterocycles. The SMILES string of the molecule is OC1CCOc2cc(F)cc(F)c21. The summed E-state index contributed by atoms with van der Waals surface area (Å²) in [6, 6.07) is 1.83. The van der Waals surface area contributed by atoms with Crippen LogP contribution < -0.4 is 4.74 Å². The van der Waals surface area contributed by atoms with Crippen molar-refractivity contribution < 1.29 is 18.6 Å². The Bertz CT molecular complexity index is 339. The van der Waals surface area contributed by atoms with Gasteiger partial charge in [0.1, 0.15) is 17.4 Å². The minimum absolute atomic E-state index is 0.0626. The highest BCUT2D eigenvalue weighted by Crippen LogP contribution is 2.34. The molecule has 1 unspecified atom stereocenters. The van der Waals surface area contributed by atoms with E-state index in [1.165, 1.54) is 0 Å². The zero-order valence-electron chi connectivity index (χ0n) is 6.76. The summed E-state index contributed by atoms with van der Waals surface area (Å²) >= 11 is 0. The monoisotopic (exact) mass is 186 g/mol. The maximum Gasteiger partial charge on any atom is 0.135 e. The lowest BCUT2D eigenvalue weighted by Gasteiger charge is -2.22. The molecule has 0 aliphatic carbocycles. The van der Waals surface area contributed by atoms with Crippen LogP contribution in [-0.4, -0.2) is 11.7 Å². The van der Waals surface area contributed by atoms with Gasteiger partial charge in [-0.3, -0.25) is 0 Å². The van der Waals surface area contributed by atoms with Crippen molar-refractivity contribution >= 4 is 0 Å². The highest BCUT2D eigenvalue weighted by Gasteiger charge is 2.23. The first kappa shape index (κ1) is 8.44. The Labute approximate surface area is 73.8 Å². The van der Waals surface area contributed by atoms with Crippen molar-refractivity contribution in [1.29, 1.82) is 0 Å². The average molecular weight is 186 g/mol. The predicted octanol–water partition coefficient (Wildman–Crippen LogP) is 1.78. The first-order valence-electron chi connectivity index (χ1n) is 3.98. The highest BCUT2D eigenvalue weighted by atomic mass is 19.1. The van der Waals surface area contributed by atoms with Crippen LogP contribution >= 0.6 is 0 Å². The third-order valence-corrected chi connectivity index (χ3v) is 2.04. The van der Waals surface area contributed by atoms with E-state index in [4.69, 9.17) is 4.74 Å². The largest absolute Gasteiger partial charge is 0.493 e. The summed E-state index contributed by atoms with van der Waals surface area (Å²) in [6.45, 7) is 0.289.